The predicted octanol–water partition coefficient (Wildman–Crippen LogP) is 2.50. The van der Waals surface area contributed by atoms with Crippen LogP contribution in [0, 0.1) is 0 Å². The third-order valence-electron chi connectivity index (χ3n) is 4.28. The number of urea groups is 1. The van der Waals surface area contributed by atoms with Gasteiger partial charge >= 0.3 is 6.03 Å². The predicted molar refractivity (Wildman–Crippen MR) is 104 cm³/mol. The van der Waals surface area contributed by atoms with Crippen LogP contribution in [0.4, 0.5) is 10.5 Å². The lowest BCUT2D eigenvalue weighted by Gasteiger charge is -2.27. The van der Waals surface area contributed by atoms with Gasteiger partial charge < -0.3 is 20.1 Å². The van der Waals surface area contributed by atoms with Crippen LogP contribution in [0.2, 0.25) is 0 Å². The van der Waals surface area contributed by atoms with Crippen LogP contribution < -0.4 is 15.4 Å². The van der Waals surface area contributed by atoms with Crippen LogP contribution >= 0.6 is 0 Å². The first-order chi connectivity index (χ1) is 13.2. The summed E-state index contributed by atoms with van der Waals surface area (Å²) in [5, 5.41) is 5.80. The number of carbonyl (C=O) groups is 1. The average molecular weight is 370 g/mol. The third kappa shape index (κ3) is 6.23. The van der Waals surface area contributed by atoms with Crippen molar-refractivity contribution >= 4 is 11.7 Å². The monoisotopic (exact) mass is 370 g/mol. The summed E-state index contributed by atoms with van der Waals surface area (Å²) in [6.07, 6.45) is 3.18. The summed E-state index contributed by atoms with van der Waals surface area (Å²) in [5.41, 5.74) is 1.91. The van der Waals surface area contributed by atoms with Crippen LogP contribution in [0.1, 0.15) is 12.5 Å². The number of para-hydroxylation sites is 1. The molecule has 0 saturated carbocycles. The first kappa shape index (κ1) is 19.1. The fourth-order valence-electron chi connectivity index (χ4n) is 2.87. The van der Waals surface area contributed by atoms with E-state index in [1.807, 2.05) is 43.3 Å². The topological polar surface area (TPSA) is 75.7 Å². The van der Waals surface area contributed by atoms with E-state index in [-0.39, 0.29) is 12.1 Å². The Morgan fingerprint density at radius 1 is 1.26 bits per heavy atom. The Labute approximate surface area is 159 Å². The number of hydrogen-bond donors (Lipinski definition) is 2. The number of carbonyl (C=O) groups excluding carboxylic acids is 1. The van der Waals surface area contributed by atoms with Gasteiger partial charge in [-0.15, -0.1) is 0 Å². The molecule has 7 nitrogen and oxygen atoms in total. The minimum atomic E-state index is -0.244. The van der Waals surface area contributed by atoms with Crippen molar-refractivity contribution in [3.63, 3.8) is 0 Å². The minimum Gasteiger partial charge on any atom is -0.487 e. The molecule has 2 aromatic rings. The second-order valence-electron chi connectivity index (χ2n) is 6.50. The third-order valence-corrected chi connectivity index (χ3v) is 4.28. The molecule has 0 unspecified atom stereocenters. The van der Waals surface area contributed by atoms with Crippen LogP contribution in [0.3, 0.4) is 0 Å². The Balaban J connectivity index is 1.48. The molecule has 0 bridgehead atoms. The van der Waals surface area contributed by atoms with Crippen LogP contribution in [-0.4, -0.2) is 54.9 Å². The second kappa shape index (κ2) is 9.89. The molecule has 1 saturated heterocycles. The van der Waals surface area contributed by atoms with E-state index in [0.29, 0.717) is 12.3 Å². The van der Waals surface area contributed by atoms with Gasteiger partial charge in [-0.1, -0.05) is 18.2 Å². The molecule has 0 spiro atoms. The molecular formula is C20H26N4O3. The number of aromatic nitrogens is 1. The maximum atomic E-state index is 12.3. The highest BCUT2D eigenvalue weighted by molar-refractivity contribution is 5.90. The second-order valence-corrected chi connectivity index (χ2v) is 6.50. The van der Waals surface area contributed by atoms with E-state index >= 15 is 0 Å². The largest absolute Gasteiger partial charge is 0.487 e. The summed E-state index contributed by atoms with van der Waals surface area (Å²) >= 11 is 0. The van der Waals surface area contributed by atoms with E-state index in [9.17, 15) is 4.79 Å². The lowest BCUT2D eigenvalue weighted by molar-refractivity contribution is 0.0343. The van der Waals surface area contributed by atoms with Gasteiger partial charge in [0, 0.05) is 31.5 Å². The van der Waals surface area contributed by atoms with E-state index in [4.69, 9.17) is 9.47 Å². The zero-order valence-corrected chi connectivity index (χ0v) is 15.6. The maximum absolute atomic E-state index is 12.3. The van der Waals surface area contributed by atoms with Crippen molar-refractivity contribution < 1.29 is 14.3 Å². The molecule has 0 aliphatic carbocycles. The van der Waals surface area contributed by atoms with Crippen molar-refractivity contribution in [1.82, 2.24) is 15.2 Å². The van der Waals surface area contributed by atoms with Crippen LogP contribution in [0.15, 0.2) is 48.8 Å². The number of nitrogens with one attached hydrogen (secondary N) is 2. The molecule has 1 fully saturated rings. The SMILES string of the molecule is C[C@@H](CNC(=O)Nc1ccccc1CN1CCOCC1)Oc1cccnc1. The van der Waals surface area contributed by atoms with Gasteiger partial charge in [0.15, 0.2) is 0 Å². The van der Waals surface area contributed by atoms with Gasteiger partial charge in [0.2, 0.25) is 0 Å². The van der Waals surface area contributed by atoms with Crippen molar-refractivity contribution in [2.75, 3.05) is 38.2 Å². The molecule has 1 aromatic carbocycles. The number of benzene rings is 1. The summed E-state index contributed by atoms with van der Waals surface area (Å²) in [7, 11) is 0. The molecule has 1 atom stereocenters. The summed E-state index contributed by atoms with van der Waals surface area (Å²) in [4.78, 5) is 18.6. The van der Waals surface area contributed by atoms with E-state index in [0.717, 1.165) is 44.1 Å². The lowest BCUT2D eigenvalue weighted by Crippen LogP contribution is -2.37. The van der Waals surface area contributed by atoms with Crippen molar-refractivity contribution in [1.29, 1.82) is 0 Å². The Morgan fingerprint density at radius 3 is 2.85 bits per heavy atom. The zero-order chi connectivity index (χ0) is 18.9. The van der Waals surface area contributed by atoms with Crippen molar-refractivity contribution in [3.8, 4) is 5.75 Å². The van der Waals surface area contributed by atoms with Gasteiger partial charge in [0.05, 0.1) is 26.0 Å². The first-order valence-corrected chi connectivity index (χ1v) is 9.20. The molecule has 7 heteroatoms. The summed E-state index contributed by atoms with van der Waals surface area (Å²) < 4.78 is 11.1. The highest BCUT2D eigenvalue weighted by Crippen LogP contribution is 2.18. The Bertz CT molecular complexity index is 720. The molecule has 1 aliphatic heterocycles. The number of anilines is 1. The number of ether oxygens (including phenoxy) is 2. The Kier molecular flexibility index (Phi) is 7.01. The van der Waals surface area contributed by atoms with Gasteiger partial charge in [-0.3, -0.25) is 9.88 Å². The molecule has 144 valence electrons. The summed E-state index contributed by atoms with van der Waals surface area (Å²) in [5.74, 6) is 0.683. The number of morpholine rings is 1. The van der Waals surface area contributed by atoms with Gasteiger partial charge in [0.25, 0.3) is 0 Å². The maximum Gasteiger partial charge on any atom is 0.319 e. The molecule has 27 heavy (non-hydrogen) atoms. The lowest BCUT2D eigenvalue weighted by atomic mass is 10.1. The van der Waals surface area contributed by atoms with Crippen LogP contribution in [-0.2, 0) is 11.3 Å². The smallest absolute Gasteiger partial charge is 0.319 e. The molecule has 1 aliphatic rings. The summed E-state index contributed by atoms with van der Waals surface area (Å²) in [6.45, 7) is 6.41. The van der Waals surface area contributed by atoms with E-state index in [1.54, 1.807) is 12.4 Å². The average Bonchev–Trinajstić information content (AvgIpc) is 2.69. The molecule has 1 aromatic heterocycles. The van der Waals surface area contributed by atoms with Crippen molar-refractivity contribution in [2.24, 2.45) is 0 Å². The fourth-order valence-corrected chi connectivity index (χ4v) is 2.87. The van der Waals surface area contributed by atoms with Gasteiger partial charge in [-0.05, 0) is 30.7 Å². The molecule has 2 heterocycles. The highest BCUT2D eigenvalue weighted by atomic mass is 16.5. The van der Waals surface area contributed by atoms with Crippen LogP contribution in [0.5, 0.6) is 5.75 Å². The molecular weight excluding hydrogens is 344 g/mol. The standard InChI is InChI=1S/C20H26N4O3/c1-16(27-18-6-4-8-21-14-18)13-22-20(25)23-19-7-3-2-5-17(19)15-24-9-11-26-12-10-24/h2-8,14,16H,9-13,15H2,1H3,(H2,22,23,25)/t16-/m0/s1. The number of rotatable bonds is 7. The molecule has 2 amide bonds. The van der Waals surface area contributed by atoms with E-state index in [1.165, 1.54) is 0 Å². The normalized spacial score (nSPS) is 15.7. The quantitative estimate of drug-likeness (QED) is 0.783. The van der Waals surface area contributed by atoms with Gasteiger partial charge in [0.1, 0.15) is 11.9 Å². The number of pyridine rings is 1. The molecule has 0 radical (unpaired) electrons. The number of nitrogens with zero attached hydrogens (tertiary/aromatic N) is 2. The van der Waals surface area contributed by atoms with E-state index < -0.39 is 0 Å². The van der Waals surface area contributed by atoms with Crippen molar-refractivity contribution in [3.05, 3.63) is 54.4 Å². The fraction of sp³-hybridized carbons (Fsp3) is 0.400. The first-order valence-electron chi connectivity index (χ1n) is 9.20. The summed E-state index contributed by atoms with van der Waals surface area (Å²) in [6, 6.07) is 11.3. The molecule has 2 N–H and O–H groups in total. The molecule has 3 rings (SSSR count). The number of amides is 2. The zero-order valence-electron chi connectivity index (χ0n) is 15.6. The van der Waals surface area contributed by atoms with Crippen LogP contribution in [0.25, 0.3) is 0 Å². The Morgan fingerprint density at radius 2 is 2.07 bits per heavy atom. The van der Waals surface area contributed by atoms with Gasteiger partial charge in [-0.2, -0.15) is 0 Å². The number of hydrogen-bond acceptors (Lipinski definition) is 5. The highest BCUT2D eigenvalue weighted by Gasteiger charge is 2.14. The minimum absolute atomic E-state index is 0.163. The van der Waals surface area contributed by atoms with E-state index in [2.05, 4.69) is 20.5 Å². The van der Waals surface area contributed by atoms with Gasteiger partial charge in [-0.25, -0.2) is 4.79 Å². The Hall–Kier alpha value is -2.64. The van der Waals surface area contributed by atoms with Crippen molar-refractivity contribution in [2.45, 2.75) is 19.6 Å².